The number of primary amides is 2. The van der Waals surface area contributed by atoms with Gasteiger partial charge in [-0.25, -0.2) is 4.79 Å². The average molecular weight is 268 g/mol. The molecule has 0 spiro atoms. The summed E-state index contributed by atoms with van der Waals surface area (Å²) in [6.07, 6.45) is 0. The Balaban J connectivity index is 2.57. The lowest BCUT2D eigenvalue weighted by atomic mass is 9.94. The first kappa shape index (κ1) is 13.7. The number of benzene rings is 1. The molecule has 100 valence electrons. The Morgan fingerprint density at radius 1 is 1.20 bits per heavy atom. The summed E-state index contributed by atoms with van der Waals surface area (Å²) < 4.78 is 0. The molecule has 0 atom stereocenters. The minimum absolute atomic E-state index is 0.189. The molecule has 2 radical (unpaired) electrons. The van der Waals surface area contributed by atoms with Gasteiger partial charge in [0.2, 0.25) is 0 Å². The number of rotatable bonds is 3. The molecule has 2 rings (SSSR count). The van der Waals surface area contributed by atoms with E-state index < -0.39 is 11.9 Å². The molecule has 0 unspecified atom stereocenters. The lowest BCUT2D eigenvalue weighted by molar-refractivity contribution is 0.100. The summed E-state index contributed by atoms with van der Waals surface area (Å²) in [5.74, 6) is -0.460. The predicted molar refractivity (Wildman–Crippen MR) is 78.1 cm³/mol. The summed E-state index contributed by atoms with van der Waals surface area (Å²) in [4.78, 5) is 25.4. The van der Waals surface area contributed by atoms with E-state index in [1.54, 1.807) is 31.2 Å². The van der Waals surface area contributed by atoms with Crippen molar-refractivity contribution in [3.63, 3.8) is 0 Å². The average Bonchev–Trinajstić information content (AvgIpc) is 2.66. The van der Waals surface area contributed by atoms with Crippen molar-refractivity contribution in [1.29, 1.82) is 0 Å². The zero-order valence-corrected chi connectivity index (χ0v) is 10.9. The van der Waals surface area contributed by atoms with Crippen LogP contribution in [0.3, 0.4) is 0 Å². The second-order valence-electron chi connectivity index (χ2n) is 4.35. The van der Waals surface area contributed by atoms with Crippen LogP contribution in [0.4, 0.5) is 10.6 Å². The van der Waals surface area contributed by atoms with Crippen molar-refractivity contribution < 1.29 is 9.59 Å². The van der Waals surface area contributed by atoms with Crippen LogP contribution in [0, 0.1) is 6.92 Å². The number of aromatic amines is 1. The maximum absolute atomic E-state index is 11.5. The maximum atomic E-state index is 11.5. The molecule has 0 aliphatic heterocycles. The predicted octanol–water partition coefficient (Wildman–Crippen LogP) is 0.373. The summed E-state index contributed by atoms with van der Waals surface area (Å²) in [5, 5.41) is 2.35. The molecule has 0 aliphatic rings. The molecule has 0 saturated heterocycles. The molecule has 7 heteroatoms. The third kappa shape index (κ3) is 2.51. The summed E-state index contributed by atoms with van der Waals surface area (Å²) in [5.41, 5.74) is 13.4. The van der Waals surface area contributed by atoms with E-state index in [1.165, 1.54) is 0 Å². The topological polar surface area (TPSA) is 114 Å². The zero-order chi connectivity index (χ0) is 14.9. The standard InChI is InChI=1S/C13H13BN4O2/c1-6-9(11(15)19)12(18-13(16)20)17-10(6)7-2-4-8(14)5-3-7/h2-5,17H,1H3,(H2,15,19)(H3,16,18,20). The van der Waals surface area contributed by atoms with E-state index in [-0.39, 0.29) is 11.4 Å². The van der Waals surface area contributed by atoms with Gasteiger partial charge in [0.1, 0.15) is 13.7 Å². The van der Waals surface area contributed by atoms with Crippen LogP contribution in [0.25, 0.3) is 11.3 Å². The van der Waals surface area contributed by atoms with Gasteiger partial charge in [-0.3, -0.25) is 10.1 Å². The first-order valence-electron chi connectivity index (χ1n) is 5.85. The van der Waals surface area contributed by atoms with Gasteiger partial charge in [-0.05, 0) is 18.1 Å². The molecular formula is C13H13BN4O2. The van der Waals surface area contributed by atoms with Crippen LogP contribution in [0.15, 0.2) is 24.3 Å². The van der Waals surface area contributed by atoms with E-state index in [1.807, 2.05) is 0 Å². The molecule has 0 aliphatic carbocycles. The minimum Gasteiger partial charge on any atom is -0.365 e. The summed E-state index contributed by atoms with van der Waals surface area (Å²) in [6, 6.07) is 6.29. The normalized spacial score (nSPS) is 10.2. The number of urea groups is 1. The number of nitrogens with two attached hydrogens (primary N) is 2. The number of carbonyl (C=O) groups is 2. The van der Waals surface area contributed by atoms with Crippen molar-refractivity contribution in [1.82, 2.24) is 4.98 Å². The van der Waals surface area contributed by atoms with E-state index >= 15 is 0 Å². The number of anilines is 1. The van der Waals surface area contributed by atoms with Crippen molar-refractivity contribution >= 4 is 31.1 Å². The van der Waals surface area contributed by atoms with Gasteiger partial charge >= 0.3 is 6.03 Å². The van der Waals surface area contributed by atoms with Gasteiger partial charge in [0.15, 0.2) is 0 Å². The Hall–Kier alpha value is -2.70. The van der Waals surface area contributed by atoms with Crippen LogP contribution >= 0.6 is 0 Å². The van der Waals surface area contributed by atoms with Crippen LogP contribution in [-0.2, 0) is 0 Å². The third-order valence-electron chi connectivity index (χ3n) is 2.94. The maximum Gasteiger partial charge on any atom is 0.317 e. The molecule has 0 bridgehead atoms. The van der Waals surface area contributed by atoms with Gasteiger partial charge in [0.25, 0.3) is 5.91 Å². The SMILES string of the molecule is [B]c1ccc(-c2[nH]c(NC(N)=O)c(C(N)=O)c2C)cc1. The Kier molecular flexibility index (Phi) is 3.52. The monoisotopic (exact) mass is 268 g/mol. The molecule has 20 heavy (non-hydrogen) atoms. The minimum atomic E-state index is -0.780. The number of amides is 3. The van der Waals surface area contributed by atoms with Crippen LogP contribution in [0.2, 0.25) is 0 Å². The first-order valence-corrected chi connectivity index (χ1v) is 5.85. The van der Waals surface area contributed by atoms with Crippen molar-refractivity contribution in [3.05, 3.63) is 35.4 Å². The Morgan fingerprint density at radius 2 is 1.80 bits per heavy atom. The van der Waals surface area contributed by atoms with Crippen LogP contribution in [0.1, 0.15) is 15.9 Å². The fraction of sp³-hybridized carbons (Fsp3) is 0.0769. The quantitative estimate of drug-likeness (QED) is 0.602. The molecule has 1 aromatic heterocycles. The molecule has 1 aromatic carbocycles. The molecule has 3 amide bonds. The van der Waals surface area contributed by atoms with Crippen molar-refractivity contribution in [2.24, 2.45) is 11.5 Å². The van der Waals surface area contributed by atoms with Crippen molar-refractivity contribution in [3.8, 4) is 11.3 Å². The fourth-order valence-electron chi connectivity index (χ4n) is 2.06. The first-order chi connectivity index (χ1) is 9.40. The Labute approximate surface area is 116 Å². The van der Waals surface area contributed by atoms with E-state index in [4.69, 9.17) is 19.3 Å². The number of aromatic nitrogens is 1. The van der Waals surface area contributed by atoms with Crippen LogP contribution < -0.4 is 22.2 Å². The highest BCUT2D eigenvalue weighted by Gasteiger charge is 2.20. The molecule has 0 saturated carbocycles. The molecular weight excluding hydrogens is 255 g/mol. The van der Waals surface area contributed by atoms with Crippen LogP contribution in [-0.4, -0.2) is 24.8 Å². The second kappa shape index (κ2) is 5.12. The summed E-state index contributed by atoms with van der Waals surface area (Å²) in [7, 11) is 5.63. The fourth-order valence-corrected chi connectivity index (χ4v) is 2.06. The smallest absolute Gasteiger partial charge is 0.317 e. The lowest BCUT2D eigenvalue weighted by Crippen LogP contribution is -2.22. The highest BCUT2D eigenvalue weighted by molar-refractivity contribution is 6.32. The zero-order valence-electron chi connectivity index (χ0n) is 10.9. The van der Waals surface area contributed by atoms with E-state index in [2.05, 4.69) is 10.3 Å². The number of hydrogen-bond acceptors (Lipinski definition) is 2. The molecule has 1 heterocycles. The molecule has 2 aromatic rings. The highest BCUT2D eigenvalue weighted by atomic mass is 16.2. The number of hydrogen-bond donors (Lipinski definition) is 4. The Bertz CT molecular complexity index is 676. The number of H-pyrrole nitrogens is 1. The third-order valence-corrected chi connectivity index (χ3v) is 2.94. The number of carbonyl (C=O) groups excluding carboxylic acids is 2. The summed E-state index contributed by atoms with van der Waals surface area (Å²) in [6.45, 7) is 1.73. The summed E-state index contributed by atoms with van der Waals surface area (Å²) >= 11 is 0. The van der Waals surface area contributed by atoms with Crippen LogP contribution in [0.5, 0.6) is 0 Å². The van der Waals surface area contributed by atoms with Gasteiger partial charge in [-0.2, -0.15) is 0 Å². The molecule has 6 N–H and O–H groups in total. The second-order valence-corrected chi connectivity index (χ2v) is 4.35. The van der Waals surface area contributed by atoms with E-state index in [9.17, 15) is 9.59 Å². The van der Waals surface area contributed by atoms with E-state index in [0.29, 0.717) is 16.7 Å². The lowest BCUT2D eigenvalue weighted by Gasteiger charge is -2.01. The van der Waals surface area contributed by atoms with Gasteiger partial charge in [-0.15, -0.1) is 0 Å². The number of nitrogens with one attached hydrogen (secondary N) is 2. The molecule has 6 nitrogen and oxygen atoms in total. The van der Waals surface area contributed by atoms with E-state index in [0.717, 1.165) is 5.56 Å². The largest absolute Gasteiger partial charge is 0.365 e. The Morgan fingerprint density at radius 3 is 2.30 bits per heavy atom. The van der Waals surface area contributed by atoms with Crippen molar-refractivity contribution in [2.45, 2.75) is 6.92 Å². The van der Waals surface area contributed by atoms with Gasteiger partial charge < -0.3 is 16.5 Å². The van der Waals surface area contributed by atoms with Gasteiger partial charge in [0, 0.05) is 0 Å². The van der Waals surface area contributed by atoms with Gasteiger partial charge in [0.05, 0.1) is 11.3 Å². The highest BCUT2D eigenvalue weighted by Crippen LogP contribution is 2.29. The molecule has 0 fully saturated rings. The van der Waals surface area contributed by atoms with Gasteiger partial charge in [-0.1, -0.05) is 29.7 Å². The van der Waals surface area contributed by atoms with Crippen molar-refractivity contribution in [2.75, 3.05) is 5.32 Å².